The van der Waals surface area contributed by atoms with Crippen molar-refractivity contribution in [3.05, 3.63) is 23.4 Å². The first-order chi connectivity index (χ1) is 13.2. The number of nitrogens with one attached hydrogen (secondary N) is 1. The van der Waals surface area contributed by atoms with Crippen LogP contribution in [-0.4, -0.2) is 61.5 Å². The fourth-order valence-corrected chi connectivity index (χ4v) is 4.48. The normalized spacial score (nSPS) is 19.9. The third-order valence-corrected chi connectivity index (χ3v) is 5.79. The number of aliphatic hydroxyl groups is 1. The smallest absolute Gasteiger partial charge is 0.162 e. The Balaban J connectivity index is 1.74. The van der Waals surface area contributed by atoms with Crippen molar-refractivity contribution >= 4 is 16.6 Å². The van der Waals surface area contributed by atoms with Crippen LogP contribution in [0.2, 0.25) is 0 Å². The van der Waals surface area contributed by atoms with Crippen LogP contribution in [0.3, 0.4) is 0 Å². The molecule has 0 amide bonds. The molecule has 1 aromatic carbocycles. The van der Waals surface area contributed by atoms with Gasteiger partial charge in [0.05, 0.1) is 26.3 Å². The summed E-state index contributed by atoms with van der Waals surface area (Å²) >= 11 is 0. The van der Waals surface area contributed by atoms with Crippen molar-refractivity contribution in [1.29, 1.82) is 0 Å². The summed E-state index contributed by atoms with van der Waals surface area (Å²) in [5.41, 5.74) is 4.73. The van der Waals surface area contributed by atoms with Gasteiger partial charge in [-0.15, -0.1) is 0 Å². The molecule has 1 aliphatic heterocycles. The van der Waals surface area contributed by atoms with Crippen LogP contribution in [0.1, 0.15) is 30.5 Å². The van der Waals surface area contributed by atoms with E-state index in [9.17, 15) is 5.11 Å². The number of piperidine rings is 1. The number of hydrogen-bond acceptors (Lipinski definition) is 6. The van der Waals surface area contributed by atoms with Crippen molar-refractivity contribution in [1.82, 2.24) is 9.88 Å². The predicted molar refractivity (Wildman–Crippen MR) is 107 cm³/mol. The Bertz CT molecular complexity index is 822. The lowest BCUT2D eigenvalue weighted by atomic mass is 10.0. The molecule has 0 bridgehead atoms. The molecule has 1 fully saturated rings. The van der Waals surface area contributed by atoms with Gasteiger partial charge in [-0.1, -0.05) is 0 Å². The number of anilines is 1. The van der Waals surface area contributed by atoms with Crippen LogP contribution in [0.25, 0.3) is 10.9 Å². The van der Waals surface area contributed by atoms with E-state index in [0.717, 1.165) is 68.4 Å². The van der Waals surface area contributed by atoms with Gasteiger partial charge in [0.2, 0.25) is 0 Å². The zero-order valence-electron chi connectivity index (χ0n) is 16.3. The molecule has 0 spiro atoms. The number of rotatable bonds is 6. The predicted octanol–water partition coefficient (Wildman–Crippen LogP) is 2.61. The van der Waals surface area contributed by atoms with Crippen LogP contribution in [0.4, 0.5) is 5.69 Å². The van der Waals surface area contributed by atoms with Crippen LogP contribution >= 0.6 is 0 Å². The highest BCUT2D eigenvalue weighted by Crippen LogP contribution is 2.40. The maximum absolute atomic E-state index is 9.27. The minimum Gasteiger partial charge on any atom is -0.493 e. The molecule has 2 aliphatic rings. The van der Waals surface area contributed by atoms with E-state index in [1.807, 2.05) is 6.07 Å². The Morgan fingerprint density at radius 3 is 2.78 bits per heavy atom. The highest BCUT2D eigenvalue weighted by molar-refractivity contribution is 5.96. The van der Waals surface area contributed by atoms with Crippen molar-refractivity contribution in [2.24, 2.45) is 0 Å². The van der Waals surface area contributed by atoms with Gasteiger partial charge in [-0.3, -0.25) is 9.88 Å². The minimum absolute atomic E-state index is 0.220. The second kappa shape index (κ2) is 7.90. The van der Waals surface area contributed by atoms with Gasteiger partial charge >= 0.3 is 0 Å². The number of aryl methyl sites for hydroxylation is 1. The first kappa shape index (κ1) is 18.3. The molecule has 146 valence electrons. The van der Waals surface area contributed by atoms with Crippen LogP contribution in [0.5, 0.6) is 11.5 Å². The van der Waals surface area contributed by atoms with E-state index in [1.54, 1.807) is 14.2 Å². The molecule has 6 heteroatoms. The first-order valence-electron chi connectivity index (χ1n) is 9.90. The lowest BCUT2D eigenvalue weighted by molar-refractivity contribution is 0.166. The SMILES string of the molecule is COc1cc2nc3c(c(N[C@@H]4CCCN(CCO)C4)c2cc1OC)CCC3. The summed E-state index contributed by atoms with van der Waals surface area (Å²) in [4.78, 5) is 7.26. The largest absolute Gasteiger partial charge is 0.493 e. The third kappa shape index (κ3) is 3.56. The van der Waals surface area contributed by atoms with Crippen molar-refractivity contribution in [2.45, 2.75) is 38.1 Å². The van der Waals surface area contributed by atoms with Gasteiger partial charge in [-0.2, -0.15) is 0 Å². The lowest BCUT2D eigenvalue weighted by Gasteiger charge is -2.34. The van der Waals surface area contributed by atoms with Gasteiger partial charge in [-0.05, 0) is 50.3 Å². The maximum atomic E-state index is 9.27. The Labute approximate surface area is 160 Å². The molecular weight excluding hydrogens is 342 g/mol. The molecule has 0 saturated carbocycles. The van der Waals surface area contributed by atoms with Crippen molar-refractivity contribution in [3.8, 4) is 11.5 Å². The van der Waals surface area contributed by atoms with Gasteiger partial charge < -0.3 is 19.9 Å². The van der Waals surface area contributed by atoms with E-state index in [-0.39, 0.29) is 6.61 Å². The van der Waals surface area contributed by atoms with Crippen LogP contribution in [-0.2, 0) is 12.8 Å². The molecular formula is C21H29N3O3. The molecule has 1 atom stereocenters. The molecule has 1 aliphatic carbocycles. The third-order valence-electron chi connectivity index (χ3n) is 5.79. The number of β-amino-alcohol motifs (C(OH)–C–C–N with tert-alkyl or cyclic N) is 1. The van der Waals surface area contributed by atoms with E-state index in [0.29, 0.717) is 11.8 Å². The number of fused-ring (bicyclic) bond motifs is 2. The molecule has 4 rings (SSSR count). The highest BCUT2D eigenvalue weighted by Gasteiger charge is 2.25. The maximum Gasteiger partial charge on any atom is 0.162 e. The number of aliphatic hydroxyl groups excluding tert-OH is 1. The van der Waals surface area contributed by atoms with Gasteiger partial charge in [0.1, 0.15) is 0 Å². The Morgan fingerprint density at radius 2 is 2.00 bits per heavy atom. The van der Waals surface area contributed by atoms with Crippen molar-refractivity contribution in [2.75, 3.05) is 45.8 Å². The summed E-state index contributed by atoms with van der Waals surface area (Å²) in [5, 5.41) is 14.2. The van der Waals surface area contributed by atoms with Gasteiger partial charge in [-0.25, -0.2) is 0 Å². The van der Waals surface area contributed by atoms with E-state index >= 15 is 0 Å². The molecule has 2 N–H and O–H groups in total. The summed E-state index contributed by atoms with van der Waals surface area (Å²) in [7, 11) is 3.33. The van der Waals surface area contributed by atoms with E-state index < -0.39 is 0 Å². The van der Waals surface area contributed by atoms with Gasteiger partial charge in [0.15, 0.2) is 11.5 Å². The lowest BCUT2D eigenvalue weighted by Crippen LogP contribution is -2.43. The summed E-state index contributed by atoms with van der Waals surface area (Å²) in [6.45, 7) is 3.00. The summed E-state index contributed by atoms with van der Waals surface area (Å²) in [6.07, 6.45) is 5.56. The minimum atomic E-state index is 0.220. The van der Waals surface area contributed by atoms with Crippen molar-refractivity contribution < 1.29 is 14.6 Å². The number of ether oxygens (including phenoxy) is 2. The molecule has 1 saturated heterocycles. The zero-order valence-corrected chi connectivity index (χ0v) is 16.3. The number of methoxy groups -OCH3 is 2. The standard InChI is InChI=1S/C21H29N3O3/c1-26-19-11-16-18(12-20(19)27-2)23-17-7-3-6-15(17)21(16)22-14-5-4-8-24(13-14)9-10-25/h11-12,14,25H,3-10,13H2,1-2H3,(H,22,23)/t14-/m1/s1. The number of likely N-dealkylation sites (tertiary alicyclic amines) is 1. The topological polar surface area (TPSA) is 66.9 Å². The average molecular weight is 371 g/mol. The Hall–Kier alpha value is -2.05. The van der Waals surface area contributed by atoms with Gasteiger partial charge in [0, 0.05) is 42.0 Å². The first-order valence-corrected chi connectivity index (χ1v) is 9.90. The van der Waals surface area contributed by atoms with Gasteiger partial charge in [0.25, 0.3) is 0 Å². The second-order valence-corrected chi connectivity index (χ2v) is 7.50. The van der Waals surface area contributed by atoms with Crippen molar-refractivity contribution in [3.63, 3.8) is 0 Å². The van der Waals surface area contributed by atoms with E-state index in [2.05, 4.69) is 16.3 Å². The monoisotopic (exact) mass is 371 g/mol. The fraction of sp³-hybridized carbons (Fsp3) is 0.571. The number of nitrogens with zero attached hydrogens (tertiary/aromatic N) is 2. The number of hydrogen-bond donors (Lipinski definition) is 2. The number of benzene rings is 1. The quantitative estimate of drug-likeness (QED) is 0.814. The zero-order chi connectivity index (χ0) is 18.8. The summed E-state index contributed by atoms with van der Waals surface area (Å²) in [5.74, 6) is 1.45. The fourth-order valence-electron chi connectivity index (χ4n) is 4.48. The molecule has 6 nitrogen and oxygen atoms in total. The molecule has 0 radical (unpaired) electrons. The number of aromatic nitrogens is 1. The summed E-state index contributed by atoms with van der Waals surface area (Å²) in [6, 6.07) is 4.42. The highest BCUT2D eigenvalue weighted by atomic mass is 16.5. The second-order valence-electron chi connectivity index (χ2n) is 7.50. The summed E-state index contributed by atoms with van der Waals surface area (Å²) < 4.78 is 11.0. The number of pyridine rings is 1. The van der Waals surface area contributed by atoms with Crippen LogP contribution < -0.4 is 14.8 Å². The van der Waals surface area contributed by atoms with Crippen LogP contribution in [0.15, 0.2) is 12.1 Å². The Morgan fingerprint density at radius 1 is 1.19 bits per heavy atom. The molecule has 0 unspecified atom stereocenters. The van der Waals surface area contributed by atoms with Crippen LogP contribution in [0, 0.1) is 0 Å². The Kier molecular flexibility index (Phi) is 5.36. The molecule has 2 aromatic rings. The average Bonchev–Trinajstić information content (AvgIpc) is 3.15. The molecule has 27 heavy (non-hydrogen) atoms. The van der Waals surface area contributed by atoms with E-state index in [1.165, 1.54) is 16.9 Å². The van der Waals surface area contributed by atoms with E-state index in [4.69, 9.17) is 14.5 Å². The molecule has 1 aromatic heterocycles. The molecule has 2 heterocycles.